The summed E-state index contributed by atoms with van der Waals surface area (Å²) in [5.41, 5.74) is 11.5. The minimum Gasteiger partial charge on any atom is -0.481 e. The third-order valence-electron chi connectivity index (χ3n) is 4.71. The van der Waals surface area contributed by atoms with E-state index in [1.54, 1.807) is 24.3 Å². The number of nitrogens with one attached hydrogen (secondary N) is 6. The number of carboxylic acids is 4. The minimum absolute atomic E-state index is 0.0104. The molecule has 0 radical (unpaired) electrons. The van der Waals surface area contributed by atoms with Crippen molar-refractivity contribution in [1.29, 1.82) is 10.8 Å². The van der Waals surface area contributed by atoms with Crippen LogP contribution in [0.1, 0.15) is 24.8 Å². The summed E-state index contributed by atoms with van der Waals surface area (Å²) in [6.07, 6.45) is -8.16. The summed E-state index contributed by atoms with van der Waals surface area (Å²) >= 11 is 0. The first-order chi connectivity index (χ1) is 21.9. The number of carbonyl (C=O) groups is 6. The summed E-state index contributed by atoms with van der Waals surface area (Å²) in [6, 6.07) is 3.68. The van der Waals surface area contributed by atoms with Gasteiger partial charge >= 0.3 is 36.2 Å². The van der Waals surface area contributed by atoms with Crippen LogP contribution in [0.15, 0.2) is 30.3 Å². The van der Waals surface area contributed by atoms with Crippen molar-refractivity contribution >= 4 is 59.4 Å². The van der Waals surface area contributed by atoms with Crippen molar-refractivity contribution in [3.8, 4) is 0 Å². The van der Waals surface area contributed by atoms with Gasteiger partial charge in [0.1, 0.15) is 12.1 Å². The Kier molecular flexibility index (Phi) is 19.1. The van der Waals surface area contributed by atoms with Crippen LogP contribution in [0.5, 0.6) is 0 Å². The summed E-state index contributed by atoms with van der Waals surface area (Å²) in [5, 5.41) is 56.4. The molecule has 14 N–H and O–H groups in total. The van der Waals surface area contributed by atoms with Gasteiger partial charge in [-0.25, -0.2) is 14.4 Å². The highest BCUT2D eigenvalue weighted by Gasteiger charge is 2.39. The van der Waals surface area contributed by atoms with E-state index in [-0.39, 0.29) is 31.3 Å². The number of carbonyl (C=O) groups excluding carboxylic acids is 2. The van der Waals surface area contributed by atoms with E-state index < -0.39 is 66.5 Å². The highest BCUT2D eigenvalue weighted by Crippen LogP contribution is 2.14. The Labute approximate surface area is 265 Å². The lowest BCUT2D eigenvalue weighted by molar-refractivity contribution is -0.193. The number of carboxylic acid groups (broad SMARTS) is 4. The second-order valence-electron chi connectivity index (χ2n) is 8.64. The molecule has 1 aromatic carbocycles. The molecule has 0 aliphatic carbocycles. The van der Waals surface area contributed by atoms with Crippen LogP contribution in [0.3, 0.4) is 0 Å². The van der Waals surface area contributed by atoms with Crippen LogP contribution in [0.25, 0.3) is 6.08 Å². The van der Waals surface area contributed by atoms with E-state index in [9.17, 15) is 50.6 Å². The Morgan fingerprint density at radius 3 is 1.65 bits per heavy atom. The Balaban J connectivity index is 0. The van der Waals surface area contributed by atoms with Crippen molar-refractivity contribution in [3.05, 3.63) is 35.9 Å². The molecule has 2 atom stereocenters. The largest absolute Gasteiger partial charge is 0.490 e. The number of hydrogen-bond donors (Lipinski definition) is 12. The predicted molar refractivity (Wildman–Crippen MR) is 151 cm³/mol. The van der Waals surface area contributed by atoms with Crippen LogP contribution in [-0.4, -0.2) is 99.0 Å². The lowest BCUT2D eigenvalue weighted by Crippen LogP contribution is -2.52. The molecule has 0 heterocycles. The number of alkyl halides is 6. The molecule has 0 aliphatic rings. The second kappa shape index (κ2) is 20.8. The standard InChI is InChI=1S/C20H28N8O6.2C2HF3O2/c21-19(22)25-9-1-2-13(18(33)34)28-17(32)14(10-16(30)31)27-15(29)8-5-11-3-6-12(7-4-11)26-20(23)24;2*3-2(4,5)1(6)7/h3-8,13-14H,1-2,9-10H2,(H,27,29)(H,28,32)(H,30,31)(H,33,34)(H4,21,22,25)(H4,23,24,26);2*(H,6,7)/t13-,14-;;/m0../s1. The topological polar surface area (TPSA) is 331 Å². The Morgan fingerprint density at radius 2 is 1.27 bits per heavy atom. The highest BCUT2D eigenvalue weighted by molar-refractivity contribution is 5.97. The van der Waals surface area contributed by atoms with E-state index in [0.29, 0.717) is 11.3 Å². The molecule has 1 aromatic rings. The number of guanidine groups is 2. The van der Waals surface area contributed by atoms with Crippen LogP contribution in [0, 0.1) is 10.8 Å². The quantitative estimate of drug-likeness (QED) is 0.0425. The van der Waals surface area contributed by atoms with E-state index in [4.69, 9.17) is 47.2 Å². The molecule has 0 saturated carbocycles. The van der Waals surface area contributed by atoms with Crippen LogP contribution < -0.4 is 32.7 Å². The molecule has 0 fully saturated rings. The predicted octanol–water partition coefficient (Wildman–Crippen LogP) is 0.0639. The Morgan fingerprint density at radius 1 is 0.792 bits per heavy atom. The Hall–Kier alpha value is -6.10. The summed E-state index contributed by atoms with van der Waals surface area (Å²) in [5.74, 6) is -10.4. The zero-order chi connectivity index (χ0) is 37.8. The van der Waals surface area contributed by atoms with E-state index >= 15 is 0 Å². The first-order valence-electron chi connectivity index (χ1n) is 12.5. The normalized spacial score (nSPS) is 12.0. The maximum Gasteiger partial charge on any atom is 0.490 e. The molecular weight excluding hydrogens is 674 g/mol. The molecular formula is C24H30F6N8O10. The summed E-state index contributed by atoms with van der Waals surface area (Å²) in [7, 11) is 0. The first-order valence-corrected chi connectivity index (χ1v) is 12.5. The van der Waals surface area contributed by atoms with Gasteiger partial charge in [0.15, 0.2) is 11.9 Å². The van der Waals surface area contributed by atoms with Gasteiger partial charge in [-0.2, -0.15) is 26.3 Å². The molecule has 24 heteroatoms. The molecule has 0 bridgehead atoms. The molecule has 0 saturated heterocycles. The average Bonchev–Trinajstić information content (AvgIpc) is 2.92. The summed E-state index contributed by atoms with van der Waals surface area (Å²) in [6.45, 7) is 0.209. The smallest absolute Gasteiger partial charge is 0.481 e. The SMILES string of the molecule is N=C(N)NCCC[C@H](NC(=O)[C@H](CC(=O)O)NC(=O)C=Cc1ccc(NC(=N)N)cc1)C(=O)O.O=C(O)C(F)(F)F.O=C(O)C(F)(F)F. The number of hydrogen-bond acceptors (Lipinski definition) is 8. The van der Waals surface area contributed by atoms with Crippen molar-refractivity contribution in [1.82, 2.24) is 16.0 Å². The molecule has 2 amide bonds. The molecule has 0 unspecified atom stereocenters. The van der Waals surface area contributed by atoms with Crippen LogP contribution >= 0.6 is 0 Å². The molecule has 0 aliphatic heterocycles. The maximum absolute atomic E-state index is 12.5. The van der Waals surface area contributed by atoms with Gasteiger partial charge in [0.2, 0.25) is 11.8 Å². The minimum atomic E-state index is -5.08. The van der Waals surface area contributed by atoms with Crippen LogP contribution in [-0.2, 0) is 28.8 Å². The fourth-order valence-electron chi connectivity index (χ4n) is 2.67. The van der Waals surface area contributed by atoms with E-state index in [2.05, 4.69) is 21.3 Å². The summed E-state index contributed by atoms with van der Waals surface area (Å²) < 4.78 is 63.5. The van der Waals surface area contributed by atoms with Crippen molar-refractivity contribution < 1.29 is 75.5 Å². The second-order valence-corrected chi connectivity index (χ2v) is 8.64. The fourth-order valence-corrected chi connectivity index (χ4v) is 2.67. The molecule has 1 rings (SSSR count). The molecule has 0 spiro atoms. The zero-order valence-electron chi connectivity index (χ0n) is 24.1. The number of halogens is 6. The van der Waals surface area contributed by atoms with E-state index in [1.165, 1.54) is 6.08 Å². The number of benzene rings is 1. The number of anilines is 1. The number of aliphatic carboxylic acids is 4. The molecule has 18 nitrogen and oxygen atoms in total. The van der Waals surface area contributed by atoms with Crippen LogP contribution in [0.4, 0.5) is 32.0 Å². The van der Waals surface area contributed by atoms with Crippen molar-refractivity contribution in [2.75, 3.05) is 11.9 Å². The van der Waals surface area contributed by atoms with Crippen molar-refractivity contribution in [2.45, 2.75) is 43.7 Å². The summed E-state index contributed by atoms with van der Waals surface area (Å²) in [4.78, 5) is 65.1. The van der Waals surface area contributed by atoms with Gasteiger partial charge in [-0.05, 0) is 36.6 Å². The lowest BCUT2D eigenvalue weighted by Gasteiger charge is -2.20. The third-order valence-corrected chi connectivity index (χ3v) is 4.71. The highest BCUT2D eigenvalue weighted by atomic mass is 19.4. The molecule has 48 heavy (non-hydrogen) atoms. The average molecular weight is 705 g/mol. The van der Waals surface area contributed by atoms with Gasteiger partial charge < -0.3 is 53.2 Å². The first kappa shape index (κ1) is 44.0. The van der Waals surface area contributed by atoms with Gasteiger partial charge in [0, 0.05) is 18.3 Å². The molecule has 0 aromatic heterocycles. The fraction of sp³-hybridized carbons (Fsp3) is 0.333. The monoisotopic (exact) mass is 704 g/mol. The number of nitrogens with two attached hydrogens (primary N) is 2. The van der Waals surface area contributed by atoms with Gasteiger partial charge in [-0.3, -0.25) is 25.2 Å². The lowest BCUT2D eigenvalue weighted by atomic mass is 10.1. The Bertz CT molecular complexity index is 1310. The number of rotatable bonds is 13. The van der Waals surface area contributed by atoms with Crippen LogP contribution in [0.2, 0.25) is 0 Å². The van der Waals surface area contributed by atoms with Crippen molar-refractivity contribution in [3.63, 3.8) is 0 Å². The zero-order valence-corrected chi connectivity index (χ0v) is 24.1. The third kappa shape index (κ3) is 22.4. The van der Waals surface area contributed by atoms with E-state index in [1.807, 2.05) is 0 Å². The van der Waals surface area contributed by atoms with E-state index in [0.717, 1.165) is 6.08 Å². The number of amides is 2. The van der Waals surface area contributed by atoms with Gasteiger partial charge in [-0.15, -0.1) is 0 Å². The van der Waals surface area contributed by atoms with Gasteiger partial charge in [0.05, 0.1) is 6.42 Å². The molecule has 268 valence electrons. The van der Waals surface area contributed by atoms with Gasteiger partial charge in [0.25, 0.3) is 0 Å². The van der Waals surface area contributed by atoms with Gasteiger partial charge in [-0.1, -0.05) is 12.1 Å². The van der Waals surface area contributed by atoms with Crippen molar-refractivity contribution in [2.24, 2.45) is 11.5 Å². The maximum atomic E-state index is 12.5.